The molecule has 0 amide bonds. The van der Waals surface area contributed by atoms with Gasteiger partial charge in [-0.15, -0.1) is 0 Å². The van der Waals surface area contributed by atoms with Crippen molar-refractivity contribution in [3.63, 3.8) is 0 Å². The molecule has 0 bridgehead atoms. The van der Waals surface area contributed by atoms with Crippen LogP contribution in [0, 0.1) is 0 Å². The molecule has 100 valence electrons. The van der Waals surface area contributed by atoms with E-state index in [9.17, 15) is 0 Å². The Kier molecular flexibility index (Phi) is 4.97. The van der Waals surface area contributed by atoms with E-state index in [1.54, 1.807) is 0 Å². The zero-order chi connectivity index (χ0) is 13.0. The first-order chi connectivity index (χ1) is 8.66. The molecule has 2 rings (SSSR count). The Morgan fingerprint density at radius 2 is 2.17 bits per heavy atom. The van der Waals surface area contributed by atoms with E-state index < -0.39 is 0 Å². The van der Waals surface area contributed by atoms with Crippen molar-refractivity contribution in [1.29, 1.82) is 0 Å². The lowest BCUT2D eigenvalue weighted by molar-refractivity contribution is 0.122. The average Bonchev–Trinajstić information content (AvgIpc) is 2.37. The molecule has 0 saturated carbocycles. The lowest BCUT2D eigenvalue weighted by atomic mass is 10.2. The number of aromatic nitrogens is 1. The minimum absolute atomic E-state index is 0.474. The summed E-state index contributed by atoms with van der Waals surface area (Å²) in [6.45, 7) is 8.56. The van der Waals surface area contributed by atoms with Gasteiger partial charge in [-0.1, -0.05) is 13.8 Å². The normalized spacial score (nSPS) is 16.3. The summed E-state index contributed by atoms with van der Waals surface area (Å²) in [5.74, 6) is 1.08. The van der Waals surface area contributed by atoms with E-state index in [2.05, 4.69) is 51.0 Å². The van der Waals surface area contributed by atoms with Crippen LogP contribution in [0.5, 0.6) is 0 Å². The Morgan fingerprint density at radius 1 is 1.44 bits per heavy atom. The van der Waals surface area contributed by atoms with Crippen LogP contribution in [0.4, 0.5) is 5.82 Å². The molecule has 1 aliphatic heterocycles. The Labute approximate surface area is 117 Å². The first-order valence-electron chi connectivity index (χ1n) is 6.37. The van der Waals surface area contributed by atoms with Gasteiger partial charge in [0, 0.05) is 41.9 Å². The van der Waals surface area contributed by atoms with Gasteiger partial charge in [0.2, 0.25) is 0 Å². The second-order valence-electron chi connectivity index (χ2n) is 4.77. The summed E-state index contributed by atoms with van der Waals surface area (Å²) in [6, 6.07) is 2.62. The third kappa shape index (κ3) is 3.67. The molecule has 0 unspecified atom stereocenters. The van der Waals surface area contributed by atoms with E-state index in [4.69, 9.17) is 4.74 Å². The predicted octanol–water partition coefficient (Wildman–Crippen LogP) is 2.18. The lowest BCUT2D eigenvalue weighted by Gasteiger charge is -2.29. The van der Waals surface area contributed by atoms with Gasteiger partial charge in [0.1, 0.15) is 5.82 Å². The molecule has 1 fully saturated rings. The van der Waals surface area contributed by atoms with Gasteiger partial charge in [-0.25, -0.2) is 4.98 Å². The fourth-order valence-corrected chi connectivity index (χ4v) is 2.36. The van der Waals surface area contributed by atoms with Crippen LogP contribution in [0.25, 0.3) is 0 Å². The molecule has 0 aliphatic carbocycles. The maximum Gasteiger partial charge on any atom is 0.133 e. The van der Waals surface area contributed by atoms with Gasteiger partial charge in [0.25, 0.3) is 0 Å². The number of ether oxygens (including phenoxy) is 1. The Morgan fingerprint density at radius 3 is 2.83 bits per heavy atom. The minimum Gasteiger partial charge on any atom is -0.378 e. The fraction of sp³-hybridized carbons (Fsp3) is 0.615. The molecule has 0 aromatic carbocycles. The summed E-state index contributed by atoms with van der Waals surface area (Å²) in [7, 11) is 0. The first kappa shape index (κ1) is 13.8. The second-order valence-corrected chi connectivity index (χ2v) is 5.69. The van der Waals surface area contributed by atoms with E-state index in [0.29, 0.717) is 6.04 Å². The van der Waals surface area contributed by atoms with Gasteiger partial charge < -0.3 is 15.0 Å². The zero-order valence-electron chi connectivity index (χ0n) is 10.9. The maximum absolute atomic E-state index is 5.39. The third-order valence-electron chi connectivity index (χ3n) is 2.92. The molecule has 0 spiro atoms. The van der Waals surface area contributed by atoms with E-state index >= 15 is 0 Å². The van der Waals surface area contributed by atoms with Crippen LogP contribution in [-0.4, -0.2) is 37.3 Å². The molecule has 1 aromatic heterocycles. The first-order valence-corrected chi connectivity index (χ1v) is 7.16. The molecule has 5 heteroatoms. The smallest absolute Gasteiger partial charge is 0.133 e. The number of hydrogen-bond acceptors (Lipinski definition) is 4. The average molecular weight is 314 g/mol. The molecular weight excluding hydrogens is 294 g/mol. The maximum atomic E-state index is 5.39. The summed E-state index contributed by atoms with van der Waals surface area (Å²) in [5, 5.41) is 3.45. The number of anilines is 1. The van der Waals surface area contributed by atoms with E-state index in [1.807, 2.05) is 6.20 Å². The highest BCUT2D eigenvalue weighted by Gasteiger charge is 2.16. The van der Waals surface area contributed by atoms with Crippen molar-refractivity contribution >= 4 is 21.7 Å². The molecule has 0 radical (unpaired) electrons. The van der Waals surface area contributed by atoms with Crippen LogP contribution < -0.4 is 10.2 Å². The predicted molar refractivity (Wildman–Crippen MR) is 76.9 cm³/mol. The number of halogens is 1. The Balaban J connectivity index is 2.16. The third-order valence-corrected chi connectivity index (χ3v) is 3.35. The van der Waals surface area contributed by atoms with Crippen LogP contribution in [-0.2, 0) is 11.3 Å². The van der Waals surface area contributed by atoms with Gasteiger partial charge in [-0.05, 0) is 22.0 Å². The van der Waals surface area contributed by atoms with Gasteiger partial charge in [0.15, 0.2) is 0 Å². The molecular formula is C13H20BrN3O. The van der Waals surface area contributed by atoms with Crippen molar-refractivity contribution in [3.05, 3.63) is 22.3 Å². The number of hydrogen-bond donors (Lipinski definition) is 1. The molecule has 2 heterocycles. The highest BCUT2D eigenvalue weighted by Crippen LogP contribution is 2.22. The van der Waals surface area contributed by atoms with Crippen LogP contribution in [0.15, 0.2) is 16.7 Å². The van der Waals surface area contributed by atoms with Gasteiger partial charge in [0.05, 0.1) is 13.2 Å². The fourth-order valence-electron chi connectivity index (χ4n) is 1.98. The lowest BCUT2D eigenvalue weighted by Crippen LogP contribution is -2.38. The summed E-state index contributed by atoms with van der Waals surface area (Å²) in [4.78, 5) is 6.86. The van der Waals surface area contributed by atoms with E-state index in [-0.39, 0.29) is 0 Å². The molecule has 1 saturated heterocycles. The van der Waals surface area contributed by atoms with Crippen molar-refractivity contribution in [3.8, 4) is 0 Å². The van der Waals surface area contributed by atoms with Gasteiger partial charge >= 0.3 is 0 Å². The number of nitrogens with zero attached hydrogens (tertiary/aromatic N) is 2. The topological polar surface area (TPSA) is 37.4 Å². The summed E-state index contributed by atoms with van der Waals surface area (Å²) >= 11 is 3.49. The number of morpholine rings is 1. The molecule has 1 aliphatic rings. The highest BCUT2D eigenvalue weighted by molar-refractivity contribution is 9.10. The van der Waals surface area contributed by atoms with Crippen LogP contribution >= 0.6 is 15.9 Å². The quantitative estimate of drug-likeness (QED) is 0.924. The largest absolute Gasteiger partial charge is 0.378 e. The Hall–Kier alpha value is -0.650. The van der Waals surface area contributed by atoms with Gasteiger partial charge in [-0.3, -0.25) is 0 Å². The van der Waals surface area contributed by atoms with Gasteiger partial charge in [-0.2, -0.15) is 0 Å². The van der Waals surface area contributed by atoms with Crippen molar-refractivity contribution in [1.82, 2.24) is 10.3 Å². The number of rotatable bonds is 4. The minimum atomic E-state index is 0.474. The number of pyridine rings is 1. The summed E-state index contributed by atoms with van der Waals surface area (Å²) in [6.07, 6.45) is 1.86. The Bertz CT molecular complexity index is 392. The molecule has 18 heavy (non-hydrogen) atoms. The van der Waals surface area contributed by atoms with Crippen molar-refractivity contribution in [2.24, 2.45) is 0 Å². The molecule has 4 nitrogen and oxygen atoms in total. The van der Waals surface area contributed by atoms with E-state index in [1.165, 1.54) is 5.56 Å². The molecule has 1 N–H and O–H groups in total. The van der Waals surface area contributed by atoms with Crippen LogP contribution in [0.1, 0.15) is 19.4 Å². The van der Waals surface area contributed by atoms with Crippen molar-refractivity contribution in [2.75, 3.05) is 31.2 Å². The number of nitrogens with one attached hydrogen (secondary N) is 1. The second kappa shape index (κ2) is 6.50. The van der Waals surface area contributed by atoms with Crippen molar-refractivity contribution < 1.29 is 4.74 Å². The summed E-state index contributed by atoms with van der Waals surface area (Å²) in [5.41, 5.74) is 1.24. The van der Waals surface area contributed by atoms with Crippen LogP contribution in [0.2, 0.25) is 0 Å². The van der Waals surface area contributed by atoms with Crippen molar-refractivity contribution in [2.45, 2.75) is 26.4 Å². The molecule has 0 atom stereocenters. The molecule has 1 aromatic rings. The summed E-state index contributed by atoms with van der Waals surface area (Å²) < 4.78 is 6.42. The van der Waals surface area contributed by atoms with E-state index in [0.717, 1.165) is 43.1 Å². The standard InChI is InChI=1S/C13H20BrN3O/c1-10(2)15-8-11-7-12(14)9-16-13(11)17-3-5-18-6-4-17/h7,9-10,15H,3-6,8H2,1-2H3. The SMILES string of the molecule is CC(C)NCc1cc(Br)cnc1N1CCOCC1. The zero-order valence-corrected chi connectivity index (χ0v) is 12.5. The monoisotopic (exact) mass is 313 g/mol. The van der Waals surface area contributed by atoms with Crippen LogP contribution in [0.3, 0.4) is 0 Å². The highest BCUT2D eigenvalue weighted by atomic mass is 79.9.